The molecule has 0 N–H and O–H groups in total. The molecule has 1 aliphatic heterocycles. The fraction of sp³-hybridized carbons (Fsp3) is 0. The number of nitrogens with zero attached hydrogens (tertiary/aromatic N) is 5. The van der Waals surface area contributed by atoms with Gasteiger partial charge in [0.05, 0.1) is 23.6 Å². The molecule has 0 saturated heterocycles. The van der Waals surface area contributed by atoms with Crippen molar-refractivity contribution in [1.82, 2.24) is 24.1 Å². The number of rotatable bonds is 5. The van der Waals surface area contributed by atoms with Gasteiger partial charge in [0.1, 0.15) is 5.65 Å². The minimum absolute atomic E-state index is 0.140. The number of benzene rings is 8. The molecule has 1 aliphatic rings. The average Bonchev–Trinajstić information content (AvgIpc) is 3.84. The van der Waals surface area contributed by atoms with Crippen LogP contribution in [-0.4, -0.2) is 24.1 Å². The van der Waals surface area contributed by atoms with E-state index in [1.54, 1.807) is 11.8 Å². The molecular weight excluding hydrogens is 715 g/mol. The van der Waals surface area contributed by atoms with Crippen molar-refractivity contribution in [1.29, 1.82) is 0 Å². The van der Waals surface area contributed by atoms with Crippen molar-refractivity contribution in [2.45, 2.75) is 9.79 Å². The van der Waals surface area contributed by atoms with E-state index >= 15 is 0 Å². The summed E-state index contributed by atoms with van der Waals surface area (Å²) in [6.07, 6.45) is 0. The van der Waals surface area contributed by atoms with E-state index in [2.05, 4.69) is 88.0 Å². The topological polar surface area (TPSA) is 48.5 Å². The molecule has 5 nitrogen and oxygen atoms in total. The summed E-state index contributed by atoms with van der Waals surface area (Å²) in [7, 11) is 0. The second-order valence-electron chi connectivity index (χ2n) is 14.0. The molecule has 0 saturated carbocycles. The van der Waals surface area contributed by atoms with Gasteiger partial charge in [-0.15, -0.1) is 0 Å². The highest BCUT2D eigenvalue weighted by atomic mass is 32.2. The van der Waals surface area contributed by atoms with E-state index in [-0.39, 0.29) is 29.7 Å². The third-order valence-electron chi connectivity index (χ3n) is 10.9. The van der Waals surface area contributed by atoms with Gasteiger partial charge in [-0.1, -0.05) is 169 Å². The van der Waals surface area contributed by atoms with Crippen LogP contribution in [0.3, 0.4) is 0 Å². The summed E-state index contributed by atoms with van der Waals surface area (Å²) in [5, 5.41) is 4.80. The van der Waals surface area contributed by atoms with Crippen LogP contribution in [0.25, 0.3) is 100 Å². The maximum absolute atomic E-state index is 8.85. The maximum atomic E-state index is 8.85. The normalized spacial score (nSPS) is 13.4. The first-order valence-electron chi connectivity index (χ1n) is 21.2. The number of hydrogen-bond acceptors (Lipinski definition) is 4. The van der Waals surface area contributed by atoms with Crippen LogP contribution >= 0.6 is 11.8 Å². The SMILES string of the molecule is [2H]c1c([2H])c([2H])c(-c2ccc(-c3nc(-c4ccccc4-c4ccccc4)nc(-n4c5ccccc5c5c6cccc7c6n(c54)-c4ccccc4S7)n3)c3ccccc23)c([2H])c1[2H]. The summed E-state index contributed by atoms with van der Waals surface area (Å²) in [6.45, 7) is 0. The molecule has 0 fully saturated rings. The minimum atomic E-state index is -0.430. The molecule has 3 aromatic heterocycles. The molecule has 0 unspecified atom stereocenters. The van der Waals surface area contributed by atoms with Gasteiger partial charge < -0.3 is 0 Å². The third kappa shape index (κ3) is 4.87. The smallest absolute Gasteiger partial charge is 0.239 e. The van der Waals surface area contributed by atoms with Gasteiger partial charge in [0, 0.05) is 37.1 Å². The summed E-state index contributed by atoms with van der Waals surface area (Å²) in [5.41, 5.74) is 8.32. The molecule has 4 heterocycles. The predicted molar refractivity (Wildman–Crippen MR) is 234 cm³/mol. The first-order chi connectivity index (χ1) is 30.4. The van der Waals surface area contributed by atoms with Gasteiger partial charge in [0.15, 0.2) is 11.6 Å². The van der Waals surface area contributed by atoms with E-state index in [0.29, 0.717) is 34.1 Å². The fourth-order valence-electron chi connectivity index (χ4n) is 8.48. The molecule has 0 aliphatic carbocycles. The van der Waals surface area contributed by atoms with Gasteiger partial charge in [-0.25, -0.2) is 4.98 Å². The Labute approximate surface area is 339 Å². The summed E-state index contributed by atoms with van der Waals surface area (Å²) < 4.78 is 47.3. The van der Waals surface area contributed by atoms with Gasteiger partial charge in [-0.2, -0.15) is 9.97 Å². The monoisotopic (exact) mass is 750 g/mol. The Morgan fingerprint density at radius 3 is 1.91 bits per heavy atom. The lowest BCUT2D eigenvalue weighted by molar-refractivity contribution is 0.927. The summed E-state index contributed by atoms with van der Waals surface area (Å²) in [4.78, 5) is 18.4. The van der Waals surface area contributed by atoms with Crippen molar-refractivity contribution in [3.63, 3.8) is 0 Å². The zero-order valence-corrected chi connectivity index (χ0v) is 31.0. The van der Waals surface area contributed by atoms with Gasteiger partial charge in [-0.05, 0) is 63.4 Å². The molecule has 0 bridgehead atoms. The number of hydrogen-bond donors (Lipinski definition) is 0. The van der Waals surface area contributed by atoms with Gasteiger partial charge >= 0.3 is 0 Å². The molecule has 12 rings (SSSR count). The number of aromatic nitrogens is 5. The van der Waals surface area contributed by atoms with E-state index < -0.39 is 6.04 Å². The Bertz CT molecular complexity index is 3660. The molecule has 6 heteroatoms. The maximum Gasteiger partial charge on any atom is 0.239 e. The fourth-order valence-corrected chi connectivity index (χ4v) is 9.57. The second kappa shape index (κ2) is 12.6. The molecule has 57 heavy (non-hydrogen) atoms. The second-order valence-corrected chi connectivity index (χ2v) is 15.1. The minimum Gasteiger partial charge on any atom is -0.293 e. The van der Waals surface area contributed by atoms with Crippen molar-refractivity contribution in [3.05, 3.63) is 188 Å². The Balaban J connectivity index is 1.20. The lowest BCUT2D eigenvalue weighted by atomic mass is 9.94. The highest BCUT2D eigenvalue weighted by Crippen LogP contribution is 2.49. The van der Waals surface area contributed by atoms with E-state index in [4.69, 9.17) is 21.8 Å². The third-order valence-corrected chi connectivity index (χ3v) is 12.0. The Morgan fingerprint density at radius 1 is 0.439 bits per heavy atom. The Morgan fingerprint density at radius 2 is 1.07 bits per heavy atom. The lowest BCUT2D eigenvalue weighted by Crippen LogP contribution is -2.10. The van der Waals surface area contributed by atoms with Gasteiger partial charge in [0.2, 0.25) is 5.95 Å². The molecule has 266 valence electrons. The largest absolute Gasteiger partial charge is 0.293 e. The Hall–Kier alpha value is -7.28. The van der Waals surface area contributed by atoms with E-state index in [1.165, 1.54) is 4.90 Å². The molecule has 0 amide bonds. The van der Waals surface area contributed by atoms with Gasteiger partial charge in [0.25, 0.3) is 0 Å². The molecule has 0 radical (unpaired) electrons. The summed E-state index contributed by atoms with van der Waals surface area (Å²) >= 11 is 1.78. The Kier molecular flexibility index (Phi) is 6.06. The van der Waals surface area contributed by atoms with Crippen molar-refractivity contribution in [3.8, 4) is 56.7 Å². The molecule has 11 aromatic rings. The van der Waals surface area contributed by atoms with Crippen LogP contribution in [0.1, 0.15) is 6.85 Å². The summed E-state index contributed by atoms with van der Waals surface area (Å²) in [5.74, 6) is 1.35. The van der Waals surface area contributed by atoms with E-state index in [9.17, 15) is 0 Å². The van der Waals surface area contributed by atoms with Gasteiger partial charge in [-0.3, -0.25) is 9.13 Å². The van der Waals surface area contributed by atoms with Crippen LogP contribution < -0.4 is 0 Å². The quantitative estimate of drug-likeness (QED) is 0.176. The lowest BCUT2D eigenvalue weighted by Gasteiger charge is -2.21. The average molecular weight is 751 g/mol. The van der Waals surface area contributed by atoms with Crippen LogP contribution in [0, 0.1) is 0 Å². The predicted octanol–water partition coefficient (Wildman–Crippen LogP) is 13.2. The number of fused-ring (bicyclic) bond motifs is 8. The molecular formula is C51H31N5S. The van der Waals surface area contributed by atoms with Crippen LogP contribution in [0.5, 0.6) is 0 Å². The van der Waals surface area contributed by atoms with Crippen LogP contribution in [0.4, 0.5) is 0 Å². The van der Waals surface area contributed by atoms with Crippen molar-refractivity contribution in [2.75, 3.05) is 0 Å². The van der Waals surface area contributed by atoms with Crippen LogP contribution in [0.2, 0.25) is 0 Å². The summed E-state index contributed by atoms with van der Waals surface area (Å²) in [6, 6.07) is 51.5. The zero-order chi connectivity index (χ0) is 41.8. The highest BCUT2D eigenvalue weighted by molar-refractivity contribution is 7.99. The molecule has 0 spiro atoms. The standard InChI is InChI=1S/C51H31N5S/c1-3-16-32(17-4-1)34-20-7-10-23-38(34)48-52-49(39-31-30-35(33-18-5-2-6-19-33)36-21-8-9-22-37(36)39)54-51(53-48)56-42-26-12-11-24-40(42)46-41-25-15-29-45-47(41)55(50(46)56)43-27-13-14-28-44(43)57-45/h1-31H/i2D,5D,6D,18D,19D. The van der Waals surface area contributed by atoms with Crippen LogP contribution in [0.15, 0.2) is 198 Å². The van der Waals surface area contributed by atoms with Crippen LogP contribution in [-0.2, 0) is 0 Å². The molecule has 0 atom stereocenters. The first-order valence-corrected chi connectivity index (χ1v) is 19.5. The zero-order valence-electron chi connectivity index (χ0n) is 35.2. The van der Waals surface area contributed by atoms with E-state index in [0.717, 1.165) is 65.5 Å². The molecule has 8 aromatic carbocycles. The highest BCUT2D eigenvalue weighted by Gasteiger charge is 2.29. The van der Waals surface area contributed by atoms with Crippen molar-refractivity contribution in [2.24, 2.45) is 0 Å². The number of para-hydroxylation sites is 3. The van der Waals surface area contributed by atoms with E-state index in [1.807, 2.05) is 78.9 Å². The van der Waals surface area contributed by atoms with Crippen molar-refractivity contribution < 1.29 is 6.85 Å². The first kappa shape index (κ1) is 27.3. The van der Waals surface area contributed by atoms with Crippen molar-refractivity contribution >= 4 is 55.4 Å².